The van der Waals surface area contributed by atoms with Crippen LogP contribution in [-0.4, -0.2) is 58.6 Å². The smallest absolute Gasteiger partial charge is 0.246 e. The summed E-state index contributed by atoms with van der Waals surface area (Å²) < 4.78 is 10.0. The molecule has 1 N–H and O–H groups in total. The lowest BCUT2D eigenvalue weighted by Crippen LogP contribution is -2.22. The first-order valence-electron chi connectivity index (χ1n) is 11.5. The molecule has 1 atom stereocenters. The molecule has 0 unspecified atom stereocenters. The predicted molar refractivity (Wildman–Crippen MR) is 129 cm³/mol. The normalized spacial score (nSPS) is 18.9. The number of nitrogens with zero attached hydrogens (tertiary/aromatic N) is 8. The molecule has 5 heterocycles. The molecule has 1 aliphatic carbocycles. The summed E-state index contributed by atoms with van der Waals surface area (Å²) in [6.07, 6.45) is 14.8. The van der Waals surface area contributed by atoms with Crippen molar-refractivity contribution in [1.29, 1.82) is 0 Å². The Balaban J connectivity index is 1.32. The molecule has 0 aromatic carbocycles. The average Bonchev–Trinajstić information content (AvgIpc) is 3.18. The van der Waals surface area contributed by atoms with Crippen LogP contribution in [-0.2, 0) is 7.05 Å². The third kappa shape index (κ3) is 4.07. The molecule has 1 aliphatic heterocycles. The van der Waals surface area contributed by atoms with Gasteiger partial charge in [-0.15, -0.1) is 0 Å². The van der Waals surface area contributed by atoms with Crippen molar-refractivity contribution in [2.24, 2.45) is 7.05 Å². The quantitative estimate of drug-likeness (QED) is 0.468. The van der Waals surface area contributed by atoms with Gasteiger partial charge in [0.1, 0.15) is 5.60 Å². The molecule has 0 amide bonds. The Labute approximate surface area is 197 Å². The number of fused-ring (bicyclic) bond motifs is 1. The molecule has 0 spiro atoms. The van der Waals surface area contributed by atoms with Gasteiger partial charge in [-0.05, 0) is 50.6 Å². The van der Waals surface area contributed by atoms with Crippen molar-refractivity contribution in [3.05, 3.63) is 49.2 Å². The molecule has 174 valence electrons. The van der Waals surface area contributed by atoms with E-state index in [0.29, 0.717) is 17.3 Å². The maximum Gasteiger partial charge on any atom is 0.246 e. The fourth-order valence-electron chi connectivity index (χ4n) is 4.03. The number of ether oxygens (including phenoxy) is 1. The molecule has 6 rings (SSSR count). The van der Waals surface area contributed by atoms with E-state index in [0.717, 1.165) is 48.3 Å². The zero-order valence-electron chi connectivity index (χ0n) is 19.5. The molecule has 4 aromatic rings. The second-order valence-corrected chi connectivity index (χ2v) is 9.38. The number of allylic oxidation sites excluding steroid dienone is 1. The average molecular weight is 458 g/mol. The Bertz CT molecular complexity index is 1380. The summed E-state index contributed by atoms with van der Waals surface area (Å²) in [6.45, 7) is 3.10. The van der Waals surface area contributed by atoms with Gasteiger partial charge in [-0.3, -0.25) is 9.36 Å². The number of hydrogen-bond donors (Lipinski definition) is 1. The highest BCUT2D eigenvalue weighted by Crippen LogP contribution is 2.41. The molecule has 0 bridgehead atoms. The van der Waals surface area contributed by atoms with Crippen molar-refractivity contribution in [3.63, 3.8) is 0 Å². The van der Waals surface area contributed by atoms with E-state index in [1.165, 1.54) is 0 Å². The number of rotatable bonds is 6. The van der Waals surface area contributed by atoms with Crippen LogP contribution in [0.15, 0.2) is 49.2 Å². The molecule has 10 heteroatoms. The van der Waals surface area contributed by atoms with Gasteiger partial charge in [0.05, 0.1) is 35.3 Å². The number of anilines is 2. The molecule has 0 saturated heterocycles. The lowest BCUT2D eigenvalue weighted by atomic mass is 10.1. The minimum absolute atomic E-state index is 0.199. The van der Waals surface area contributed by atoms with Crippen LogP contribution in [0.1, 0.15) is 32.2 Å². The van der Waals surface area contributed by atoms with Crippen LogP contribution < -0.4 is 10.1 Å². The van der Waals surface area contributed by atoms with Crippen molar-refractivity contribution in [1.82, 2.24) is 39.4 Å². The van der Waals surface area contributed by atoms with E-state index in [-0.39, 0.29) is 11.6 Å². The van der Waals surface area contributed by atoms with E-state index >= 15 is 0 Å². The summed E-state index contributed by atoms with van der Waals surface area (Å²) >= 11 is 0. The first kappa shape index (κ1) is 20.6. The van der Waals surface area contributed by atoms with Crippen molar-refractivity contribution in [2.75, 3.05) is 18.9 Å². The number of pyridine rings is 1. The minimum Gasteiger partial charge on any atom is -0.470 e. The molecule has 0 radical (unpaired) electrons. The van der Waals surface area contributed by atoms with Crippen LogP contribution in [0.5, 0.6) is 5.88 Å². The Hall–Kier alpha value is -3.95. The highest BCUT2D eigenvalue weighted by Gasteiger charge is 2.41. The number of nitrogens with one attached hydrogen (secondary N) is 1. The van der Waals surface area contributed by atoms with Crippen molar-refractivity contribution in [3.8, 4) is 17.1 Å². The first-order chi connectivity index (χ1) is 16.4. The summed E-state index contributed by atoms with van der Waals surface area (Å²) in [5.41, 5.74) is 3.74. The third-order valence-electron chi connectivity index (χ3n) is 6.35. The molecular formula is C24H27N9O. The second-order valence-electron chi connectivity index (χ2n) is 9.38. The molecule has 10 nitrogen and oxygen atoms in total. The van der Waals surface area contributed by atoms with Gasteiger partial charge in [0.25, 0.3) is 0 Å². The highest BCUT2D eigenvalue weighted by molar-refractivity contribution is 5.83. The fraction of sp³-hybridized carbons (Fsp3) is 0.375. The summed E-state index contributed by atoms with van der Waals surface area (Å²) in [6, 6.07) is 4.14. The maximum absolute atomic E-state index is 6.30. The van der Waals surface area contributed by atoms with Gasteiger partial charge in [0.2, 0.25) is 11.8 Å². The van der Waals surface area contributed by atoms with Gasteiger partial charge in [0.15, 0.2) is 5.52 Å². The van der Waals surface area contributed by atoms with Gasteiger partial charge >= 0.3 is 0 Å². The van der Waals surface area contributed by atoms with Crippen LogP contribution in [0.2, 0.25) is 0 Å². The lowest BCUT2D eigenvalue weighted by Gasteiger charge is -2.24. The zero-order valence-corrected chi connectivity index (χ0v) is 19.5. The fourth-order valence-corrected chi connectivity index (χ4v) is 4.03. The zero-order chi connectivity index (χ0) is 23.3. The minimum atomic E-state index is -0.199. The van der Waals surface area contributed by atoms with E-state index in [1.807, 2.05) is 36.3 Å². The number of aromatic nitrogens is 7. The standard InChI is InChI=1S/C24H27N9O/c1-24(8-9-24)34-22-21-20(5-4-19(28-21)16-12-25-32(3)14-16)29-23(30-22)27-17-13-26-33(15-17)18-6-10-31(2)11-7-18/h4-6,10,12-15,18H,7-9,11H2,1-3H3,(H,27,29,30)/t18-/m1/s1. The van der Waals surface area contributed by atoms with E-state index in [1.54, 1.807) is 17.1 Å². The van der Waals surface area contributed by atoms with Crippen molar-refractivity contribution in [2.45, 2.75) is 37.8 Å². The molecular weight excluding hydrogens is 430 g/mol. The first-order valence-corrected chi connectivity index (χ1v) is 11.5. The predicted octanol–water partition coefficient (Wildman–Crippen LogP) is 3.69. The molecule has 1 fully saturated rings. The monoisotopic (exact) mass is 457 g/mol. The Morgan fingerprint density at radius 1 is 1.06 bits per heavy atom. The molecule has 1 saturated carbocycles. The van der Waals surface area contributed by atoms with Gasteiger partial charge < -0.3 is 15.0 Å². The largest absolute Gasteiger partial charge is 0.470 e. The van der Waals surface area contributed by atoms with Crippen LogP contribution in [0, 0.1) is 0 Å². The molecule has 2 aliphatic rings. The Morgan fingerprint density at radius 3 is 2.68 bits per heavy atom. The van der Waals surface area contributed by atoms with E-state index in [2.05, 4.69) is 46.7 Å². The molecule has 34 heavy (non-hydrogen) atoms. The lowest BCUT2D eigenvalue weighted by molar-refractivity contribution is 0.194. The van der Waals surface area contributed by atoms with Gasteiger partial charge in [0, 0.05) is 38.6 Å². The second kappa shape index (κ2) is 7.82. The Kier molecular flexibility index (Phi) is 4.75. The highest BCUT2D eigenvalue weighted by atomic mass is 16.5. The topological polar surface area (TPSA) is 98.8 Å². The van der Waals surface area contributed by atoms with Crippen molar-refractivity contribution < 1.29 is 4.74 Å². The van der Waals surface area contributed by atoms with E-state index < -0.39 is 0 Å². The van der Waals surface area contributed by atoms with Gasteiger partial charge in [-0.25, -0.2) is 9.97 Å². The number of hydrogen-bond acceptors (Lipinski definition) is 8. The summed E-state index contributed by atoms with van der Waals surface area (Å²) in [5, 5.41) is 12.1. The van der Waals surface area contributed by atoms with E-state index in [9.17, 15) is 0 Å². The van der Waals surface area contributed by atoms with Gasteiger partial charge in [-0.2, -0.15) is 15.2 Å². The SMILES string of the molecule is CN1C=C[C@@H](n2cc(Nc3nc(OC4(C)CC4)c4nc(-c5cnn(C)c5)ccc4n3)cn2)CC1. The Morgan fingerprint density at radius 2 is 1.94 bits per heavy atom. The third-order valence-corrected chi connectivity index (χ3v) is 6.35. The van der Waals surface area contributed by atoms with Gasteiger partial charge in [-0.1, -0.05) is 0 Å². The van der Waals surface area contributed by atoms with Crippen LogP contribution in [0.3, 0.4) is 0 Å². The van der Waals surface area contributed by atoms with Crippen LogP contribution in [0.25, 0.3) is 22.3 Å². The summed E-state index contributed by atoms with van der Waals surface area (Å²) in [5.74, 6) is 0.949. The summed E-state index contributed by atoms with van der Waals surface area (Å²) in [4.78, 5) is 16.4. The maximum atomic E-state index is 6.30. The number of aryl methyl sites for hydroxylation is 1. The summed E-state index contributed by atoms with van der Waals surface area (Å²) in [7, 11) is 3.97. The van der Waals surface area contributed by atoms with Crippen molar-refractivity contribution >= 4 is 22.7 Å². The van der Waals surface area contributed by atoms with E-state index in [4.69, 9.17) is 19.7 Å². The molecule has 4 aromatic heterocycles. The van der Waals surface area contributed by atoms with Crippen LogP contribution in [0.4, 0.5) is 11.6 Å². The van der Waals surface area contributed by atoms with Crippen LogP contribution >= 0.6 is 0 Å².